The van der Waals surface area contributed by atoms with Crippen LogP contribution in [0.1, 0.15) is 10.4 Å². The van der Waals surface area contributed by atoms with Gasteiger partial charge in [0.1, 0.15) is 24.6 Å². The van der Waals surface area contributed by atoms with Crippen LogP contribution in [0.3, 0.4) is 0 Å². The second-order valence-electron chi connectivity index (χ2n) is 6.12. The van der Waals surface area contributed by atoms with Crippen LogP contribution in [0, 0.1) is 5.82 Å². The molecule has 1 aromatic heterocycles. The molecule has 1 aromatic carbocycles. The molecule has 0 spiro atoms. The van der Waals surface area contributed by atoms with Crippen molar-refractivity contribution in [3.8, 4) is 5.88 Å². The van der Waals surface area contributed by atoms with Gasteiger partial charge in [0.15, 0.2) is 0 Å². The number of ether oxygens (including phenoxy) is 1. The van der Waals surface area contributed by atoms with Gasteiger partial charge in [-0.3, -0.25) is 4.79 Å². The van der Waals surface area contributed by atoms with Crippen LogP contribution in [0.25, 0.3) is 0 Å². The SMILES string of the molecule is CN1CCN(c2cc(OCCNC(=O)c3ccc(F)cc3)ncn2)CC1. The van der Waals surface area contributed by atoms with Crippen LogP contribution >= 0.6 is 0 Å². The average molecular weight is 359 g/mol. The van der Waals surface area contributed by atoms with Crippen molar-refractivity contribution in [1.29, 1.82) is 0 Å². The predicted molar refractivity (Wildman–Crippen MR) is 96.0 cm³/mol. The number of nitrogens with one attached hydrogen (secondary N) is 1. The van der Waals surface area contributed by atoms with Gasteiger partial charge in [0.2, 0.25) is 5.88 Å². The molecule has 0 radical (unpaired) electrons. The Morgan fingerprint density at radius 3 is 2.65 bits per heavy atom. The Labute approximate surface area is 151 Å². The maximum Gasteiger partial charge on any atom is 0.251 e. The van der Waals surface area contributed by atoms with Gasteiger partial charge in [-0.2, -0.15) is 0 Å². The van der Waals surface area contributed by atoms with E-state index in [-0.39, 0.29) is 18.3 Å². The molecule has 7 nitrogen and oxygen atoms in total. The van der Waals surface area contributed by atoms with Gasteiger partial charge < -0.3 is 19.9 Å². The zero-order valence-electron chi connectivity index (χ0n) is 14.7. The monoisotopic (exact) mass is 359 g/mol. The fourth-order valence-electron chi connectivity index (χ4n) is 2.64. The van der Waals surface area contributed by atoms with Gasteiger partial charge in [0.05, 0.1) is 6.54 Å². The highest BCUT2D eigenvalue weighted by Crippen LogP contribution is 2.17. The zero-order valence-corrected chi connectivity index (χ0v) is 14.7. The van der Waals surface area contributed by atoms with Gasteiger partial charge >= 0.3 is 0 Å². The van der Waals surface area contributed by atoms with Crippen molar-refractivity contribution >= 4 is 11.7 Å². The Morgan fingerprint density at radius 2 is 1.92 bits per heavy atom. The molecule has 26 heavy (non-hydrogen) atoms. The molecule has 1 fully saturated rings. The minimum atomic E-state index is -0.371. The van der Waals surface area contributed by atoms with Crippen molar-refractivity contribution in [2.45, 2.75) is 0 Å². The normalized spacial score (nSPS) is 14.9. The van der Waals surface area contributed by atoms with E-state index in [4.69, 9.17) is 4.74 Å². The Balaban J connectivity index is 1.45. The number of nitrogens with zero attached hydrogens (tertiary/aromatic N) is 4. The van der Waals surface area contributed by atoms with Gasteiger partial charge in [0.25, 0.3) is 5.91 Å². The summed E-state index contributed by atoms with van der Waals surface area (Å²) >= 11 is 0. The van der Waals surface area contributed by atoms with Crippen LogP contribution in [-0.2, 0) is 0 Å². The summed E-state index contributed by atoms with van der Waals surface area (Å²) in [6.45, 7) is 4.43. The van der Waals surface area contributed by atoms with Crippen molar-refractivity contribution in [3.63, 3.8) is 0 Å². The summed E-state index contributed by atoms with van der Waals surface area (Å²) in [5.74, 6) is 0.683. The van der Waals surface area contributed by atoms with Crippen LogP contribution in [0.4, 0.5) is 10.2 Å². The first-order chi connectivity index (χ1) is 12.6. The van der Waals surface area contributed by atoms with E-state index in [1.807, 2.05) is 6.07 Å². The molecular weight excluding hydrogens is 337 g/mol. The van der Waals surface area contributed by atoms with E-state index in [1.54, 1.807) is 0 Å². The van der Waals surface area contributed by atoms with E-state index in [0.717, 1.165) is 32.0 Å². The van der Waals surface area contributed by atoms with Gasteiger partial charge in [-0.05, 0) is 31.3 Å². The first-order valence-corrected chi connectivity index (χ1v) is 8.54. The number of halogens is 1. The maximum atomic E-state index is 12.9. The van der Waals surface area contributed by atoms with E-state index in [0.29, 0.717) is 18.0 Å². The van der Waals surface area contributed by atoms with Crippen molar-refractivity contribution < 1.29 is 13.9 Å². The minimum Gasteiger partial charge on any atom is -0.476 e. The number of carbonyl (C=O) groups excluding carboxylic acids is 1. The molecule has 0 aliphatic carbocycles. The minimum absolute atomic E-state index is 0.269. The third-order valence-electron chi connectivity index (χ3n) is 4.20. The van der Waals surface area contributed by atoms with Gasteiger partial charge in [-0.15, -0.1) is 0 Å². The number of hydrogen-bond donors (Lipinski definition) is 1. The smallest absolute Gasteiger partial charge is 0.251 e. The molecule has 0 atom stereocenters. The largest absolute Gasteiger partial charge is 0.476 e. The summed E-state index contributed by atoms with van der Waals surface area (Å²) in [7, 11) is 2.10. The molecule has 138 valence electrons. The highest BCUT2D eigenvalue weighted by molar-refractivity contribution is 5.94. The fraction of sp³-hybridized carbons (Fsp3) is 0.389. The third kappa shape index (κ3) is 4.89. The van der Waals surface area contributed by atoms with E-state index in [2.05, 4.69) is 32.1 Å². The zero-order chi connectivity index (χ0) is 18.4. The highest BCUT2D eigenvalue weighted by atomic mass is 19.1. The Morgan fingerprint density at radius 1 is 1.19 bits per heavy atom. The summed E-state index contributed by atoms with van der Waals surface area (Å²) in [6.07, 6.45) is 1.49. The van der Waals surface area contributed by atoms with Crippen LogP contribution < -0.4 is 15.0 Å². The van der Waals surface area contributed by atoms with Crippen LogP contribution in [-0.4, -0.2) is 67.2 Å². The third-order valence-corrected chi connectivity index (χ3v) is 4.20. The molecule has 1 aliphatic heterocycles. The topological polar surface area (TPSA) is 70.6 Å². The van der Waals surface area contributed by atoms with E-state index >= 15 is 0 Å². The lowest BCUT2D eigenvalue weighted by Crippen LogP contribution is -2.44. The summed E-state index contributed by atoms with van der Waals surface area (Å²) < 4.78 is 18.5. The second-order valence-corrected chi connectivity index (χ2v) is 6.12. The van der Waals surface area contributed by atoms with Crippen molar-refractivity contribution in [2.75, 3.05) is 51.3 Å². The molecule has 1 amide bonds. The lowest BCUT2D eigenvalue weighted by Gasteiger charge is -2.33. The summed E-state index contributed by atoms with van der Waals surface area (Å²) in [5.41, 5.74) is 0.408. The summed E-state index contributed by atoms with van der Waals surface area (Å²) in [4.78, 5) is 24.8. The number of piperazine rings is 1. The predicted octanol–water partition coefficient (Wildman–Crippen LogP) is 1.18. The molecule has 0 saturated carbocycles. The van der Waals surface area contributed by atoms with E-state index < -0.39 is 0 Å². The maximum absolute atomic E-state index is 12.9. The first-order valence-electron chi connectivity index (χ1n) is 8.54. The van der Waals surface area contributed by atoms with E-state index in [9.17, 15) is 9.18 Å². The molecule has 2 aromatic rings. The first kappa shape index (κ1) is 18.1. The van der Waals surface area contributed by atoms with Gasteiger partial charge in [-0.25, -0.2) is 14.4 Å². The number of amides is 1. The van der Waals surface area contributed by atoms with Gasteiger partial charge in [-0.1, -0.05) is 0 Å². The average Bonchev–Trinajstić information content (AvgIpc) is 2.66. The van der Waals surface area contributed by atoms with Crippen LogP contribution in [0.5, 0.6) is 5.88 Å². The van der Waals surface area contributed by atoms with Gasteiger partial charge in [0, 0.05) is 37.8 Å². The molecule has 8 heteroatoms. The molecule has 2 heterocycles. The molecule has 1 aliphatic rings. The summed E-state index contributed by atoms with van der Waals surface area (Å²) in [5, 5.41) is 2.73. The molecule has 3 rings (SSSR count). The second kappa shape index (κ2) is 8.57. The lowest BCUT2D eigenvalue weighted by molar-refractivity contribution is 0.0946. The van der Waals surface area contributed by atoms with Crippen LogP contribution in [0.15, 0.2) is 36.7 Å². The molecule has 1 saturated heterocycles. The molecule has 0 bridgehead atoms. The number of hydrogen-bond acceptors (Lipinski definition) is 6. The van der Waals surface area contributed by atoms with Crippen LogP contribution in [0.2, 0.25) is 0 Å². The number of aromatic nitrogens is 2. The number of carbonyl (C=O) groups is 1. The number of rotatable bonds is 6. The highest BCUT2D eigenvalue weighted by Gasteiger charge is 2.16. The molecule has 0 unspecified atom stereocenters. The Bertz CT molecular complexity index is 733. The van der Waals surface area contributed by atoms with Crippen molar-refractivity contribution in [1.82, 2.24) is 20.2 Å². The van der Waals surface area contributed by atoms with E-state index in [1.165, 1.54) is 30.6 Å². The molecular formula is C18H22FN5O2. The van der Waals surface area contributed by atoms with Crippen molar-refractivity contribution in [3.05, 3.63) is 48.0 Å². The Hall–Kier alpha value is -2.74. The molecule has 1 N–H and O–H groups in total. The number of likely N-dealkylation sites (N-methyl/N-ethyl adjacent to an activating group) is 1. The fourth-order valence-corrected chi connectivity index (χ4v) is 2.64. The Kier molecular flexibility index (Phi) is 5.96. The number of anilines is 1. The quantitative estimate of drug-likeness (QED) is 0.781. The standard InChI is InChI=1S/C18H22FN5O2/c1-23-7-9-24(10-8-23)16-12-17(22-13-21-16)26-11-6-20-18(25)14-2-4-15(19)5-3-14/h2-5,12-13H,6-11H2,1H3,(H,20,25). The van der Waals surface area contributed by atoms with Crippen molar-refractivity contribution in [2.24, 2.45) is 0 Å². The summed E-state index contributed by atoms with van der Waals surface area (Å²) in [6, 6.07) is 7.21. The number of benzene rings is 1. The lowest BCUT2D eigenvalue weighted by atomic mass is 10.2.